The molecule has 0 bridgehead atoms. The van der Waals surface area contributed by atoms with Crippen molar-refractivity contribution in [3.8, 4) is 0 Å². The largest absolute Gasteiger partial charge is 0.417 e. The van der Waals surface area contributed by atoms with Gasteiger partial charge in [0, 0.05) is 11.8 Å². The number of aromatic amines is 1. The number of benzene rings is 1. The molecule has 0 saturated heterocycles. The lowest BCUT2D eigenvalue weighted by molar-refractivity contribution is -0.116. The fourth-order valence-corrected chi connectivity index (χ4v) is 2.53. The third-order valence-corrected chi connectivity index (χ3v) is 4.13. The lowest BCUT2D eigenvalue weighted by Crippen LogP contribution is -2.32. The van der Waals surface area contributed by atoms with Gasteiger partial charge in [-0.2, -0.15) is 5.10 Å². The third kappa shape index (κ3) is 3.57. The predicted octanol–water partition coefficient (Wildman–Crippen LogP) is 2.73. The van der Waals surface area contributed by atoms with E-state index in [-0.39, 0.29) is 11.9 Å². The Hall–Kier alpha value is -3.03. The fourth-order valence-electron chi connectivity index (χ4n) is 2.53. The molecule has 0 saturated carbocycles. The molecule has 2 atom stereocenters. The standard InChI is InChI=1S/C17H21N5O3/c1-4-10(2)22-15(7-8-18-22)21-16(23)11(3)19-12-5-6-14-13(9-12)20-17(24)25-14/h5-11,19H,4H2,1-3H3,(H,20,24)(H,21,23)/t10-,11-/m1/s1. The Bertz CT molecular complexity index is 939. The number of hydrogen-bond donors (Lipinski definition) is 3. The van der Waals surface area contributed by atoms with E-state index in [4.69, 9.17) is 4.42 Å². The average Bonchev–Trinajstić information content (AvgIpc) is 3.19. The predicted molar refractivity (Wildman–Crippen MR) is 95.8 cm³/mol. The van der Waals surface area contributed by atoms with E-state index in [2.05, 4.69) is 27.6 Å². The molecule has 1 amide bonds. The molecule has 2 aromatic heterocycles. The van der Waals surface area contributed by atoms with Crippen LogP contribution in [0.4, 0.5) is 11.5 Å². The zero-order chi connectivity index (χ0) is 18.0. The topological polar surface area (TPSA) is 105 Å². The highest BCUT2D eigenvalue weighted by molar-refractivity contribution is 5.95. The van der Waals surface area contributed by atoms with Crippen LogP contribution in [-0.2, 0) is 4.79 Å². The summed E-state index contributed by atoms with van der Waals surface area (Å²) >= 11 is 0. The van der Waals surface area contributed by atoms with Crippen molar-refractivity contribution in [3.63, 3.8) is 0 Å². The van der Waals surface area contributed by atoms with Crippen molar-refractivity contribution in [2.45, 2.75) is 39.3 Å². The first-order chi connectivity index (χ1) is 12.0. The van der Waals surface area contributed by atoms with Crippen LogP contribution in [0.25, 0.3) is 11.1 Å². The van der Waals surface area contributed by atoms with E-state index in [9.17, 15) is 9.59 Å². The number of nitrogens with one attached hydrogen (secondary N) is 3. The molecular formula is C17H21N5O3. The summed E-state index contributed by atoms with van der Waals surface area (Å²) in [7, 11) is 0. The summed E-state index contributed by atoms with van der Waals surface area (Å²) in [4.78, 5) is 26.2. The minimum Gasteiger partial charge on any atom is -0.408 e. The van der Waals surface area contributed by atoms with Crippen LogP contribution in [0.3, 0.4) is 0 Å². The molecule has 0 unspecified atom stereocenters. The average molecular weight is 343 g/mol. The summed E-state index contributed by atoms with van der Waals surface area (Å²) in [5.41, 5.74) is 1.77. The molecule has 0 aliphatic rings. The van der Waals surface area contributed by atoms with Gasteiger partial charge in [-0.05, 0) is 38.5 Å². The maximum atomic E-state index is 12.5. The van der Waals surface area contributed by atoms with Crippen molar-refractivity contribution in [3.05, 3.63) is 41.0 Å². The maximum Gasteiger partial charge on any atom is 0.417 e. The molecule has 132 valence electrons. The van der Waals surface area contributed by atoms with E-state index >= 15 is 0 Å². The zero-order valence-electron chi connectivity index (χ0n) is 14.4. The molecule has 3 N–H and O–H groups in total. The summed E-state index contributed by atoms with van der Waals surface area (Å²) in [6, 6.07) is 6.67. The van der Waals surface area contributed by atoms with Gasteiger partial charge in [0.15, 0.2) is 5.58 Å². The minimum atomic E-state index is -0.503. The van der Waals surface area contributed by atoms with Gasteiger partial charge in [0.05, 0.1) is 17.8 Å². The Morgan fingerprint density at radius 1 is 1.36 bits per heavy atom. The zero-order valence-corrected chi connectivity index (χ0v) is 14.4. The smallest absolute Gasteiger partial charge is 0.408 e. The number of rotatable bonds is 6. The van der Waals surface area contributed by atoms with Crippen LogP contribution >= 0.6 is 0 Å². The molecule has 1 aromatic carbocycles. The number of anilines is 2. The number of oxazole rings is 1. The summed E-state index contributed by atoms with van der Waals surface area (Å²) in [6.45, 7) is 5.88. The molecule has 8 heteroatoms. The molecule has 8 nitrogen and oxygen atoms in total. The van der Waals surface area contributed by atoms with Crippen LogP contribution in [0.1, 0.15) is 33.2 Å². The number of H-pyrrole nitrogens is 1. The van der Waals surface area contributed by atoms with E-state index in [1.807, 2.05) is 6.92 Å². The third-order valence-electron chi connectivity index (χ3n) is 4.13. The Morgan fingerprint density at radius 2 is 2.16 bits per heavy atom. The first-order valence-electron chi connectivity index (χ1n) is 8.21. The van der Waals surface area contributed by atoms with E-state index < -0.39 is 11.8 Å². The highest BCUT2D eigenvalue weighted by Crippen LogP contribution is 2.19. The Morgan fingerprint density at radius 3 is 2.92 bits per heavy atom. The summed E-state index contributed by atoms with van der Waals surface area (Å²) in [6.07, 6.45) is 2.59. The number of hydrogen-bond acceptors (Lipinski definition) is 5. The van der Waals surface area contributed by atoms with Gasteiger partial charge in [0.25, 0.3) is 0 Å². The van der Waals surface area contributed by atoms with E-state index in [1.54, 1.807) is 42.1 Å². The molecule has 0 radical (unpaired) electrons. The SMILES string of the molecule is CC[C@@H](C)n1nccc1NC(=O)[C@@H](C)Nc1ccc2oc(=O)[nH]c2c1. The number of carbonyl (C=O) groups excluding carboxylic acids is 1. The van der Waals surface area contributed by atoms with Crippen molar-refractivity contribution >= 4 is 28.5 Å². The number of aromatic nitrogens is 3. The summed E-state index contributed by atoms with van der Waals surface area (Å²) in [5.74, 6) is -0.00954. The molecule has 0 spiro atoms. The van der Waals surface area contributed by atoms with Crippen LogP contribution in [0.5, 0.6) is 0 Å². The lowest BCUT2D eigenvalue weighted by Gasteiger charge is -2.18. The first kappa shape index (κ1) is 16.8. The number of carbonyl (C=O) groups is 1. The van der Waals surface area contributed by atoms with Crippen LogP contribution in [0.15, 0.2) is 39.7 Å². The summed E-state index contributed by atoms with van der Waals surface area (Å²) < 4.78 is 6.76. The minimum absolute atomic E-state index is 0.175. The van der Waals surface area contributed by atoms with Crippen molar-refractivity contribution in [2.24, 2.45) is 0 Å². The van der Waals surface area contributed by atoms with Gasteiger partial charge in [0.1, 0.15) is 11.9 Å². The lowest BCUT2D eigenvalue weighted by atomic mass is 10.2. The molecule has 3 aromatic rings. The molecule has 25 heavy (non-hydrogen) atoms. The van der Waals surface area contributed by atoms with Crippen LogP contribution in [0.2, 0.25) is 0 Å². The van der Waals surface area contributed by atoms with Crippen molar-refractivity contribution < 1.29 is 9.21 Å². The van der Waals surface area contributed by atoms with Gasteiger partial charge >= 0.3 is 5.76 Å². The normalized spacial score (nSPS) is 13.6. The van der Waals surface area contributed by atoms with Crippen molar-refractivity contribution in [2.75, 3.05) is 10.6 Å². The second-order valence-electron chi connectivity index (χ2n) is 6.00. The van der Waals surface area contributed by atoms with Crippen molar-refractivity contribution in [1.82, 2.24) is 14.8 Å². The van der Waals surface area contributed by atoms with Gasteiger partial charge in [0.2, 0.25) is 5.91 Å². The second-order valence-corrected chi connectivity index (χ2v) is 6.00. The first-order valence-corrected chi connectivity index (χ1v) is 8.21. The van der Waals surface area contributed by atoms with Gasteiger partial charge in [-0.1, -0.05) is 6.92 Å². The maximum absolute atomic E-state index is 12.5. The monoisotopic (exact) mass is 343 g/mol. The summed E-state index contributed by atoms with van der Waals surface area (Å²) in [5, 5.41) is 10.3. The fraction of sp³-hybridized carbons (Fsp3) is 0.353. The molecule has 0 aliphatic carbocycles. The molecular weight excluding hydrogens is 322 g/mol. The van der Waals surface area contributed by atoms with Crippen LogP contribution in [0, 0.1) is 0 Å². The molecule has 0 fully saturated rings. The Labute approximate surface area is 144 Å². The van der Waals surface area contributed by atoms with E-state index in [0.29, 0.717) is 22.6 Å². The second kappa shape index (κ2) is 6.84. The van der Waals surface area contributed by atoms with Gasteiger partial charge in [-0.25, -0.2) is 9.48 Å². The number of nitrogens with zero attached hydrogens (tertiary/aromatic N) is 2. The molecule has 0 aliphatic heterocycles. The van der Waals surface area contributed by atoms with Crippen molar-refractivity contribution in [1.29, 1.82) is 0 Å². The van der Waals surface area contributed by atoms with Gasteiger partial charge in [-0.3, -0.25) is 9.78 Å². The van der Waals surface area contributed by atoms with Crippen LogP contribution in [-0.4, -0.2) is 26.7 Å². The van der Waals surface area contributed by atoms with Crippen LogP contribution < -0.4 is 16.4 Å². The van der Waals surface area contributed by atoms with Gasteiger partial charge in [-0.15, -0.1) is 0 Å². The number of fused-ring (bicyclic) bond motifs is 1. The highest BCUT2D eigenvalue weighted by atomic mass is 16.4. The quantitative estimate of drug-likeness (QED) is 0.638. The number of amides is 1. The van der Waals surface area contributed by atoms with E-state index in [1.165, 1.54) is 0 Å². The molecule has 2 heterocycles. The highest BCUT2D eigenvalue weighted by Gasteiger charge is 2.16. The Balaban J connectivity index is 1.69. The Kier molecular flexibility index (Phi) is 4.60. The van der Waals surface area contributed by atoms with Gasteiger partial charge < -0.3 is 15.1 Å². The van der Waals surface area contributed by atoms with E-state index in [0.717, 1.165) is 6.42 Å². The molecule has 3 rings (SSSR count).